The van der Waals surface area contributed by atoms with Gasteiger partial charge in [0, 0.05) is 24.6 Å². The van der Waals surface area contributed by atoms with Crippen LogP contribution >= 0.6 is 11.8 Å². The van der Waals surface area contributed by atoms with Gasteiger partial charge < -0.3 is 9.64 Å². The third-order valence-corrected chi connectivity index (χ3v) is 5.46. The van der Waals surface area contributed by atoms with Gasteiger partial charge in [-0.3, -0.25) is 9.59 Å². The lowest BCUT2D eigenvalue weighted by molar-refractivity contribution is -0.125. The molecule has 1 unspecified atom stereocenters. The maximum absolute atomic E-state index is 12.6. The smallest absolute Gasteiger partial charge is 0.339 e. The summed E-state index contributed by atoms with van der Waals surface area (Å²) >= 11 is 1.27. The lowest BCUT2D eigenvalue weighted by atomic mass is 10.0. The highest BCUT2D eigenvalue weighted by Crippen LogP contribution is 2.24. The van der Waals surface area contributed by atoms with E-state index in [0.29, 0.717) is 16.0 Å². The van der Waals surface area contributed by atoms with Crippen LogP contribution in [-0.4, -0.2) is 48.5 Å². The Morgan fingerprint density at radius 2 is 1.71 bits per heavy atom. The second kappa shape index (κ2) is 9.55. The quantitative estimate of drug-likeness (QED) is 0.401. The molecule has 0 aliphatic carbocycles. The van der Waals surface area contributed by atoms with Crippen LogP contribution < -0.4 is 0 Å². The number of rotatable bonds is 7. The summed E-state index contributed by atoms with van der Waals surface area (Å²) in [5, 5.41) is 0. The molecule has 0 saturated carbocycles. The lowest BCUT2D eigenvalue weighted by Crippen LogP contribution is -2.25. The van der Waals surface area contributed by atoms with Crippen molar-refractivity contribution in [2.45, 2.75) is 31.8 Å². The van der Waals surface area contributed by atoms with Crippen LogP contribution in [0.2, 0.25) is 0 Å². The fourth-order valence-electron chi connectivity index (χ4n) is 2.44. The van der Waals surface area contributed by atoms with Crippen molar-refractivity contribution in [3.05, 3.63) is 64.7 Å². The number of hydrogen-bond donors (Lipinski definition) is 0. The molecule has 0 N–H and O–H groups in total. The fraction of sp³-hybridized carbons (Fsp3) is 0.318. The minimum atomic E-state index is -0.906. The summed E-state index contributed by atoms with van der Waals surface area (Å²) in [6, 6.07) is 12.3. The summed E-state index contributed by atoms with van der Waals surface area (Å²) in [4.78, 5) is 39.2. The van der Waals surface area contributed by atoms with Gasteiger partial charge in [0.05, 0.1) is 11.3 Å². The molecule has 0 radical (unpaired) electrons. The largest absolute Gasteiger partial charge is 0.451 e. The number of benzene rings is 2. The van der Waals surface area contributed by atoms with Crippen LogP contribution in [0.25, 0.3) is 0 Å². The standard InChI is InChI=1S/C22H25NO4S/c1-14-10-11-17(12-15(14)2)21(25)16(3)27-22(26)18-8-6-7-9-19(18)28-13-20(24)23(4)5/h6-12,16H,13H2,1-5H3. The third kappa shape index (κ3) is 5.45. The molecule has 5 nitrogen and oxygen atoms in total. The second-order valence-electron chi connectivity index (χ2n) is 6.78. The Morgan fingerprint density at radius 3 is 2.36 bits per heavy atom. The molecule has 2 aromatic rings. The van der Waals surface area contributed by atoms with Crippen LogP contribution in [0, 0.1) is 13.8 Å². The monoisotopic (exact) mass is 399 g/mol. The number of aryl methyl sites for hydroxylation is 2. The number of esters is 1. The van der Waals surface area contributed by atoms with Crippen LogP contribution in [0.15, 0.2) is 47.4 Å². The van der Waals surface area contributed by atoms with Gasteiger partial charge in [0.1, 0.15) is 0 Å². The molecule has 6 heteroatoms. The molecule has 0 saturated heterocycles. The van der Waals surface area contributed by atoms with Gasteiger partial charge in [-0.25, -0.2) is 4.79 Å². The molecule has 0 aliphatic heterocycles. The Kier molecular flexibility index (Phi) is 7.40. The normalized spacial score (nSPS) is 11.6. The third-order valence-electron chi connectivity index (χ3n) is 4.40. The Labute approximate surface area is 170 Å². The van der Waals surface area contributed by atoms with Crippen molar-refractivity contribution in [2.75, 3.05) is 19.8 Å². The molecule has 0 aliphatic rings. The summed E-state index contributed by atoms with van der Waals surface area (Å²) in [6.45, 7) is 5.48. The predicted octanol–water partition coefficient (Wildman–Crippen LogP) is 3.91. The molecule has 1 amide bonds. The van der Waals surface area contributed by atoms with E-state index in [0.717, 1.165) is 11.1 Å². The molecular formula is C22H25NO4S. The van der Waals surface area contributed by atoms with Gasteiger partial charge >= 0.3 is 5.97 Å². The van der Waals surface area contributed by atoms with E-state index in [1.807, 2.05) is 19.9 Å². The molecule has 2 rings (SSSR count). The maximum Gasteiger partial charge on any atom is 0.339 e. The average Bonchev–Trinajstić information content (AvgIpc) is 2.67. The molecule has 0 spiro atoms. The first-order valence-electron chi connectivity index (χ1n) is 8.95. The first-order valence-corrected chi connectivity index (χ1v) is 9.93. The van der Waals surface area contributed by atoms with Crippen molar-refractivity contribution in [2.24, 2.45) is 0 Å². The van der Waals surface area contributed by atoms with Crippen molar-refractivity contribution in [3.8, 4) is 0 Å². The Balaban J connectivity index is 2.10. The highest BCUT2D eigenvalue weighted by molar-refractivity contribution is 8.00. The first kappa shape index (κ1) is 21.7. The predicted molar refractivity (Wildman–Crippen MR) is 111 cm³/mol. The van der Waals surface area contributed by atoms with Crippen LogP contribution in [0.5, 0.6) is 0 Å². The van der Waals surface area contributed by atoms with E-state index in [1.165, 1.54) is 16.7 Å². The zero-order chi connectivity index (χ0) is 20.8. The van der Waals surface area contributed by atoms with Crippen LogP contribution in [0.4, 0.5) is 0 Å². The van der Waals surface area contributed by atoms with Crippen LogP contribution in [-0.2, 0) is 9.53 Å². The number of hydrogen-bond acceptors (Lipinski definition) is 5. The Hall–Kier alpha value is -2.60. The van der Waals surface area contributed by atoms with E-state index in [9.17, 15) is 14.4 Å². The highest BCUT2D eigenvalue weighted by atomic mass is 32.2. The SMILES string of the molecule is Cc1ccc(C(=O)C(C)OC(=O)c2ccccc2SCC(=O)N(C)C)cc1C. The average molecular weight is 400 g/mol. The van der Waals surface area contributed by atoms with Gasteiger partial charge in [0.2, 0.25) is 11.7 Å². The summed E-state index contributed by atoms with van der Waals surface area (Å²) in [7, 11) is 3.37. The van der Waals surface area contributed by atoms with Crippen molar-refractivity contribution in [3.63, 3.8) is 0 Å². The van der Waals surface area contributed by atoms with E-state index >= 15 is 0 Å². The van der Waals surface area contributed by atoms with Crippen LogP contribution in [0.3, 0.4) is 0 Å². The molecule has 2 aromatic carbocycles. The minimum Gasteiger partial charge on any atom is -0.451 e. The van der Waals surface area contributed by atoms with Gasteiger partial charge in [-0.15, -0.1) is 11.8 Å². The molecule has 0 heterocycles. The number of nitrogens with zero attached hydrogens (tertiary/aromatic N) is 1. The number of thioether (sulfide) groups is 1. The summed E-state index contributed by atoms with van der Waals surface area (Å²) in [5.41, 5.74) is 2.97. The number of ketones is 1. The molecule has 28 heavy (non-hydrogen) atoms. The van der Waals surface area contributed by atoms with Gasteiger partial charge in [-0.05, 0) is 50.1 Å². The number of carbonyl (C=O) groups excluding carboxylic acids is 3. The summed E-state index contributed by atoms with van der Waals surface area (Å²) in [6.07, 6.45) is -0.906. The molecule has 0 bridgehead atoms. The molecule has 0 fully saturated rings. The maximum atomic E-state index is 12.6. The molecular weight excluding hydrogens is 374 g/mol. The molecule has 0 aromatic heterocycles. The zero-order valence-electron chi connectivity index (χ0n) is 16.8. The minimum absolute atomic E-state index is 0.0496. The lowest BCUT2D eigenvalue weighted by Gasteiger charge is -2.15. The van der Waals surface area contributed by atoms with Gasteiger partial charge in [-0.2, -0.15) is 0 Å². The fourth-order valence-corrected chi connectivity index (χ4v) is 3.46. The zero-order valence-corrected chi connectivity index (χ0v) is 17.6. The van der Waals surface area contributed by atoms with Crippen molar-refractivity contribution < 1.29 is 19.1 Å². The molecule has 148 valence electrons. The number of ether oxygens (including phenoxy) is 1. The Morgan fingerprint density at radius 1 is 1.04 bits per heavy atom. The number of amides is 1. The van der Waals surface area contributed by atoms with Gasteiger partial charge in [0.25, 0.3) is 0 Å². The van der Waals surface area contributed by atoms with Gasteiger partial charge in [-0.1, -0.05) is 24.3 Å². The number of carbonyl (C=O) groups is 3. The van der Waals surface area contributed by atoms with Crippen molar-refractivity contribution in [1.29, 1.82) is 0 Å². The number of Topliss-reactive ketones (excluding diaryl/α,β-unsaturated/α-hetero) is 1. The van der Waals surface area contributed by atoms with Crippen LogP contribution in [0.1, 0.15) is 38.8 Å². The Bertz CT molecular complexity index is 892. The summed E-state index contributed by atoms with van der Waals surface area (Å²) < 4.78 is 5.42. The summed E-state index contributed by atoms with van der Waals surface area (Å²) in [5.74, 6) is -0.657. The first-order chi connectivity index (χ1) is 13.2. The van der Waals surface area contributed by atoms with E-state index in [4.69, 9.17) is 4.74 Å². The topological polar surface area (TPSA) is 63.7 Å². The van der Waals surface area contributed by atoms with Gasteiger partial charge in [0.15, 0.2) is 6.10 Å². The highest BCUT2D eigenvalue weighted by Gasteiger charge is 2.22. The van der Waals surface area contributed by atoms with E-state index in [1.54, 1.807) is 57.4 Å². The van der Waals surface area contributed by atoms with E-state index in [-0.39, 0.29) is 17.4 Å². The second-order valence-corrected chi connectivity index (χ2v) is 7.80. The van der Waals surface area contributed by atoms with E-state index < -0.39 is 12.1 Å². The van der Waals surface area contributed by atoms with Crippen molar-refractivity contribution >= 4 is 29.4 Å². The van der Waals surface area contributed by atoms with Crippen molar-refractivity contribution in [1.82, 2.24) is 4.90 Å². The molecule has 1 atom stereocenters. The van der Waals surface area contributed by atoms with E-state index in [2.05, 4.69) is 0 Å².